The number of imidazole rings is 1. The van der Waals surface area contributed by atoms with Gasteiger partial charge in [-0.25, -0.2) is 4.98 Å². The Kier molecular flexibility index (Phi) is 26.0. The van der Waals surface area contributed by atoms with Gasteiger partial charge in [0.15, 0.2) is 0 Å². The number of aromatic nitrogens is 2. The van der Waals surface area contributed by atoms with Gasteiger partial charge in [0, 0.05) is 38.2 Å². The fraction of sp³-hybridized carbons (Fsp3) is 0.846. The Morgan fingerprint density at radius 2 is 1.15 bits per heavy atom. The molecule has 0 N–H and O–H groups in total. The van der Waals surface area contributed by atoms with Crippen LogP contribution >= 0.6 is 0 Å². The van der Waals surface area contributed by atoms with Gasteiger partial charge in [0.05, 0.1) is 13.2 Å². The number of unbranched alkanes of at least 4 members (excludes halogenated alkanes) is 8. The molecule has 0 radical (unpaired) electrons. The fourth-order valence-electron chi connectivity index (χ4n) is 5.83. The highest BCUT2D eigenvalue weighted by Gasteiger charge is 2.15. The first-order chi connectivity index (χ1) is 22.7. The first-order valence-electron chi connectivity index (χ1n) is 19.2. The van der Waals surface area contributed by atoms with E-state index in [-0.39, 0.29) is 24.0 Å². The molecule has 1 aromatic heterocycles. The number of rotatable bonds is 31. The number of nitrogens with zero attached hydrogens (tertiary/aromatic N) is 2. The Balaban J connectivity index is 2.29. The van der Waals surface area contributed by atoms with Gasteiger partial charge in [-0.1, -0.05) is 91.9 Å². The lowest BCUT2D eigenvalue weighted by atomic mass is 9.99. The van der Waals surface area contributed by atoms with E-state index in [0.29, 0.717) is 44.3 Å². The molecule has 0 aliphatic rings. The van der Waals surface area contributed by atoms with Crippen molar-refractivity contribution in [1.82, 2.24) is 9.55 Å². The SMILES string of the molecule is CCCCC(C)CCC(=O)OCCCCCCC(CCCCCCOC(=O)CCC(C)CCCC)OC(=O)CCCn1ccnc1C. The molecule has 0 spiro atoms. The average Bonchev–Trinajstić information content (AvgIpc) is 3.47. The van der Waals surface area contributed by atoms with E-state index in [2.05, 4.69) is 37.2 Å². The third-order valence-corrected chi connectivity index (χ3v) is 9.15. The minimum Gasteiger partial charge on any atom is -0.466 e. The Bertz CT molecular complexity index is 888. The lowest BCUT2D eigenvalue weighted by Crippen LogP contribution is -2.19. The molecule has 1 rings (SSSR count). The maximum absolute atomic E-state index is 12.7. The smallest absolute Gasteiger partial charge is 0.306 e. The van der Waals surface area contributed by atoms with Crippen LogP contribution in [0, 0.1) is 18.8 Å². The Morgan fingerprint density at radius 1 is 0.638 bits per heavy atom. The van der Waals surface area contributed by atoms with Gasteiger partial charge in [0.25, 0.3) is 0 Å². The standard InChI is InChI=1S/C39H70N2O6/c1-6-8-19-33(3)24-26-37(42)45-31-16-12-10-14-21-36(47-39(44)23-18-29-41-30-28-40-35(41)5)22-15-11-13-17-32-46-38(43)27-25-34(4)20-9-7-2/h28,30,33-34,36H,6-27,29,31-32H2,1-5H3. The summed E-state index contributed by atoms with van der Waals surface area (Å²) in [6.45, 7) is 12.5. The van der Waals surface area contributed by atoms with Crippen LogP contribution in [0.4, 0.5) is 0 Å². The predicted molar refractivity (Wildman–Crippen MR) is 190 cm³/mol. The van der Waals surface area contributed by atoms with Gasteiger partial charge in [-0.2, -0.15) is 0 Å². The van der Waals surface area contributed by atoms with Crippen LogP contribution in [0.1, 0.15) is 175 Å². The van der Waals surface area contributed by atoms with Crippen molar-refractivity contribution in [3.63, 3.8) is 0 Å². The van der Waals surface area contributed by atoms with E-state index in [4.69, 9.17) is 14.2 Å². The van der Waals surface area contributed by atoms with E-state index in [0.717, 1.165) is 95.8 Å². The molecule has 1 aromatic rings. The van der Waals surface area contributed by atoms with Crippen molar-refractivity contribution in [3.8, 4) is 0 Å². The largest absolute Gasteiger partial charge is 0.466 e. The number of carbonyl (C=O) groups is 3. The molecule has 0 bridgehead atoms. The summed E-state index contributed by atoms with van der Waals surface area (Å²) in [5, 5.41) is 0. The summed E-state index contributed by atoms with van der Waals surface area (Å²) in [5.41, 5.74) is 0. The summed E-state index contributed by atoms with van der Waals surface area (Å²) in [4.78, 5) is 41.0. The zero-order chi connectivity index (χ0) is 34.5. The Hall–Kier alpha value is -2.38. The molecule has 2 atom stereocenters. The van der Waals surface area contributed by atoms with Crippen LogP contribution in [0.3, 0.4) is 0 Å². The Morgan fingerprint density at radius 3 is 1.62 bits per heavy atom. The second-order valence-electron chi connectivity index (χ2n) is 13.8. The number of ether oxygens (including phenoxy) is 3. The Labute approximate surface area is 287 Å². The second-order valence-corrected chi connectivity index (χ2v) is 13.8. The van der Waals surface area contributed by atoms with Crippen LogP contribution in [0.25, 0.3) is 0 Å². The summed E-state index contributed by atoms with van der Waals surface area (Å²) in [5.74, 6) is 1.83. The minimum absolute atomic E-state index is 0.0717. The van der Waals surface area contributed by atoms with Crippen molar-refractivity contribution in [2.24, 2.45) is 11.8 Å². The van der Waals surface area contributed by atoms with Crippen LogP contribution in [-0.4, -0.2) is 46.8 Å². The van der Waals surface area contributed by atoms with Crippen molar-refractivity contribution < 1.29 is 28.6 Å². The minimum atomic E-state index is -0.125. The molecule has 8 nitrogen and oxygen atoms in total. The molecule has 0 aromatic carbocycles. The monoisotopic (exact) mass is 663 g/mol. The molecular weight excluding hydrogens is 592 g/mol. The van der Waals surface area contributed by atoms with E-state index >= 15 is 0 Å². The highest BCUT2D eigenvalue weighted by atomic mass is 16.5. The molecule has 0 saturated heterocycles. The van der Waals surface area contributed by atoms with E-state index in [9.17, 15) is 14.4 Å². The molecule has 0 saturated carbocycles. The average molecular weight is 663 g/mol. The molecule has 0 fully saturated rings. The molecule has 0 amide bonds. The van der Waals surface area contributed by atoms with Gasteiger partial charge in [-0.15, -0.1) is 0 Å². The zero-order valence-corrected chi connectivity index (χ0v) is 30.9. The topological polar surface area (TPSA) is 96.7 Å². The summed E-state index contributed by atoms with van der Waals surface area (Å²) in [6, 6.07) is 0. The molecule has 47 heavy (non-hydrogen) atoms. The highest BCUT2D eigenvalue weighted by Crippen LogP contribution is 2.18. The van der Waals surface area contributed by atoms with Gasteiger partial charge >= 0.3 is 17.9 Å². The molecule has 0 aliphatic carbocycles. The van der Waals surface area contributed by atoms with Crippen LogP contribution < -0.4 is 0 Å². The molecular formula is C39H70N2O6. The normalized spacial score (nSPS) is 13.2. The van der Waals surface area contributed by atoms with Crippen molar-refractivity contribution in [2.45, 2.75) is 189 Å². The zero-order valence-electron chi connectivity index (χ0n) is 30.9. The fourth-order valence-corrected chi connectivity index (χ4v) is 5.83. The van der Waals surface area contributed by atoms with Crippen LogP contribution in [0.15, 0.2) is 12.4 Å². The van der Waals surface area contributed by atoms with Gasteiger partial charge in [-0.3, -0.25) is 14.4 Å². The lowest BCUT2D eigenvalue weighted by molar-refractivity contribution is -0.150. The second kappa shape index (κ2) is 28.6. The first kappa shape index (κ1) is 42.6. The van der Waals surface area contributed by atoms with Crippen molar-refractivity contribution in [1.29, 1.82) is 0 Å². The molecule has 1 heterocycles. The van der Waals surface area contributed by atoms with Crippen LogP contribution in [-0.2, 0) is 35.1 Å². The van der Waals surface area contributed by atoms with Crippen LogP contribution in [0.2, 0.25) is 0 Å². The number of aryl methyl sites for hydroxylation is 2. The summed E-state index contributed by atoms with van der Waals surface area (Å²) < 4.78 is 18.9. The van der Waals surface area contributed by atoms with Gasteiger partial charge in [0.1, 0.15) is 11.9 Å². The predicted octanol–water partition coefficient (Wildman–Crippen LogP) is 10.1. The number of carbonyl (C=O) groups excluding carboxylic acids is 3. The molecule has 8 heteroatoms. The van der Waals surface area contributed by atoms with Crippen LogP contribution in [0.5, 0.6) is 0 Å². The maximum atomic E-state index is 12.7. The number of esters is 3. The third kappa shape index (κ3) is 24.4. The summed E-state index contributed by atoms with van der Waals surface area (Å²) >= 11 is 0. The summed E-state index contributed by atoms with van der Waals surface area (Å²) in [6.07, 6.45) is 24.3. The number of hydrogen-bond acceptors (Lipinski definition) is 7. The summed E-state index contributed by atoms with van der Waals surface area (Å²) in [7, 11) is 0. The highest BCUT2D eigenvalue weighted by molar-refractivity contribution is 5.70. The van der Waals surface area contributed by atoms with Gasteiger partial charge < -0.3 is 18.8 Å². The van der Waals surface area contributed by atoms with Gasteiger partial charge in [0.2, 0.25) is 0 Å². The van der Waals surface area contributed by atoms with E-state index in [1.165, 1.54) is 38.5 Å². The molecule has 2 unspecified atom stereocenters. The van der Waals surface area contributed by atoms with Crippen molar-refractivity contribution in [3.05, 3.63) is 18.2 Å². The third-order valence-electron chi connectivity index (χ3n) is 9.15. The quantitative estimate of drug-likeness (QED) is 0.0443. The van der Waals surface area contributed by atoms with E-state index in [1.807, 2.05) is 13.1 Å². The first-order valence-corrected chi connectivity index (χ1v) is 19.2. The van der Waals surface area contributed by atoms with Crippen molar-refractivity contribution in [2.75, 3.05) is 13.2 Å². The molecule has 0 aliphatic heterocycles. The van der Waals surface area contributed by atoms with Gasteiger partial charge in [-0.05, 0) is 76.5 Å². The van der Waals surface area contributed by atoms with Crippen molar-refractivity contribution >= 4 is 17.9 Å². The number of hydrogen-bond donors (Lipinski definition) is 0. The van der Waals surface area contributed by atoms with E-state index in [1.54, 1.807) is 6.20 Å². The lowest BCUT2D eigenvalue weighted by Gasteiger charge is -2.18. The van der Waals surface area contributed by atoms with E-state index < -0.39 is 0 Å². The molecule has 272 valence electrons. The maximum Gasteiger partial charge on any atom is 0.306 e.